The highest BCUT2D eigenvalue weighted by atomic mass is 16.5. The first-order chi connectivity index (χ1) is 16.4. The van der Waals surface area contributed by atoms with Crippen LogP contribution in [-0.2, 0) is 22.7 Å². The summed E-state index contributed by atoms with van der Waals surface area (Å²) in [7, 11) is 0. The summed E-state index contributed by atoms with van der Waals surface area (Å²) in [6.45, 7) is 6.78. The molecule has 0 aliphatic carbocycles. The second kappa shape index (κ2) is 10.7. The molecule has 1 aromatic carbocycles. The smallest absolute Gasteiger partial charge is 0.158 e. The molecule has 1 N–H and O–H groups in total. The van der Waals surface area contributed by atoms with Crippen LogP contribution in [0, 0.1) is 0 Å². The topological polar surface area (TPSA) is 63.9 Å². The van der Waals surface area contributed by atoms with Crippen molar-refractivity contribution in [3.63, 3.8) is 0 Å². The highest BCUT2D eigenvalue weighted by molar-refractivity contribution is 5.96. The van der Waals surface area contributed by atoms with E-state index < -0.39 is 0 Å². The number of nitrogens with zero attached hydrogens (tertiary/aromatic N) is 4. The number of rotatable bonds is 10. The van der Waals surface area contributed by atoms with E-state index >= 15 is 0 Å². The molecule has 0 saturated carbocycles. The average Bonchev–Trinajstić information content (AvgIpc) is 3.26. The van der Waals surface area contributed by atoms with Gasteiger partial charge in [-0.15, -0.1) is 10.2 Å². The summed E-state index contributed by atoms with van der Waals surface area (Å²) >= 11 is 0. The molecule has 33 heavy (non-hydrogen) atoms. The van der Waals surface area contributed by atoms with E-state index in [-0.39, 0.29) is 0 Å². The molecule has 0 atom stereocenters. The second-order valence-electron chi connectivity index (χ2n) is 8.46. The van der Waals surface area contributed by atoms with Gasteiger partial charge >= 0.3 is 0 Å². The molecule has 172 valence electrons. The Morgan fingerprint density at radius 1 is 0.939 bits per heavy atom. The van der Waals surface area contributed by atoms with Gasteiger partial charge in [0.15, 0.2) is 5.82 Å². The van der Waals surface area contributed by atoms with Crippen molar-refractivity contribution in [3.05, 3.63) is 72.1 Å². The largest absolute Gasteiger partial charge is 0.379 e. The Kier molecular flexibility index (Phi) is 7.11. The minimum Gasteiger partial charge on any atom is -0.379 e. The van der Waals surface area contributed by atoms with Crippen LogP contribution < -0.4 is 5.32 Å². The highest BCUT2D eigenvalue weighted by Crippen LogP contribution is 2.28. The van der Waals surface area contributed by atoms with Gasteiger partial charge in [-0.2, -0.15) is 0 Å². The number of pyridine rings is 1. The number of hydrogen-bond donors (Lipinski definition) is 1. The molecule has 1 aliphatic rings. The summed E-state index contributed by atoms with van der Waals surface area (Å²) in [5, 5.41) is 13.7. The molecule has 7 heteroatoms. The van der Waals surface area contributed by atoms with Gasteiger partial charge in [-0.05, 0) is 43.1 Å². The monoisotopic (exact) mass is 445 g/mol. The van der Waals surface area contributed by atoms with Crippen molar-refractivity contribution >= 4 is 22.2 Å². The molecule has 1 saturated heterocycles. The first-order valence-electron chi connectivity index (χ1n) is 11.8. The lowest BCUT2D eigenvalue weighted by Gasteiger charge is -2.26. The van der Waals surface area contributed by atoms with Crippen molar-refractivity contribution in [3.8, 4) is 0 Å². The van der Waals surface area contributed by atoms with Crippen LogP contribution in [0.3, 0.4) is 0 Å². The third-order valence-corrected chi connectivity index (χ3v) is 6.13. The van der Waals surface area contributed by atoms with Gasteiger partial charge < -0.3 is 19.2 Å². The molecule has 0 amide bonds. The zero-order valence-electron chi connectivity index (χ0n) is 18.9. The molecule has 0 radical (unpaired) electrons. The Balaban J connectivity index is 1.26. The van der Waals surface area contributed by atoms with Crippen LogP contribution in [0.5, 0.6) is 0 Å². The number of morpholine rings is 1. The lowest BCUT2D eigenvalue weighted by Crippen LogP contribution is -2.36. The number of anilines is 1. The van der Waals surface area contributed by atoms with Crippen LogP contribution in [0.1, 0.15) is 24.1 Å². The van der Waals surface area contributed by atoms with Crippen molar-refractivity contribution in [1.29, 1.82) is 0 Å². The van der Waals surface area contributed by atoms with Crippen molar-refractivity contribution in [2.75, 3.05) is 44.7 Å². The van der Waals surface area contributed by atoms with Crippen LogP contribution >= 0.6 is 0 Å². The lowest BCUT2D eigenvalue weighted by atomic mass is 10.2. The fourth-order valence-corrected chi connectivity index (χ4v) is 4.37. The van der Waals surface area contributed by atoms with Crippen LogP contribution in [0.25, 0.3) is 16.4 Å². The van der Waals surface area contributed by atoms with Gasteiger partial charge in [0.1, 0.15) is 5.69 Å². The molecule has 7 nitrogen and oxygen atoms in total. The number of ether oxygens (including phenoxy) is 2. The Labute approximate surface area is 194 Å². The third-order valence-electron chi connectivity index (χ3n) is 6.13. The molecule has 5 rings (SSSR count). The molecule has 0 bridgehead atoms. The molecule has 4 aromatic rings. The van der Waals surface area contributed by atoms with Crippen LogP contribution in [0.2, 0.25) is 0 Å². The van der Waals surface area contributed by atoms with Crippen molar-refractivity contribution < 1.29 is 9.47 Å². The predicted octanol–water partition coefficient (Wildman–Crippen LogP) is 4.12. The van der Waals surface area contributed by atoms with Crippen molar-refractivity contribution in [2.24, 2.45) is 0 Å². The van der Waals surface area contributed by atoms with E-state index in [9.17, 15) is 0 Å². The van der Waals surface area contributed by atoms with Crippen LogP contribution in [0.15, 0.2) is 60.8 Å². The Bertz CT molecular complexity index is 1170. The van der Waals surface area contributed by atoms with E-state index in [1.165, 1.54) is 0 Å². The summed E-state index contributed by atoms with van der Waals surface area (Å²) in [5.41, 5.74) is 4.19. The summed E-state index contributed by atoms with van der Waals surface area (Å²) in [6, 6.07) is 18.6. The first-order valence-corrected chi connectivity index (χ1v) is 11.8. The van der Waals surface area contributed by atoms with Gasteiger partial charge in [0.2, 0.25) is 0 Å². The fourth-order valence-electron chi connectivity index (χ4n) is 4.37. The number of nitrogens with one attached hydrogen (secondary N) is 1. The average molecular weight is 446 g/mol. The van der Waals surface area contributed by atoms with E-state index in [1.54, 1.807) is 0 Å². The number of aromatic nitrogens is 3. The maximum Gasteiger partial charge on any atom is 0.158 e. The third kappa shape index (κ3) is 5.33. The zero-order valence-corrected chi connectivity index (χ0v) is 18.9. The standard InChI is InChI=1S/C26H31N5O2/c1-2-8-21(9-3-1)19-33-20-24-25-23(18-22-10-4-6-13-31(22)25)26(29-28-24)27-11-5-7-12-30-14-16-32-17-15-30/h1-4,6,8-10,13,18H,5,7,11-12,14-17,19-20H2,(H,27,29). The Morgan fingerprint density at radius 2 is 1.79 bits per heavy atom. The maximum atomic E-state index is 5.99. The van der Waals surface area contributed by atoms with Gasteiger partial charge in [0, 0.05) is 36.7 Å². The van der Waals surface area contributed by atoms with Gasteiger partial charge in [0.05, 0.1) is 31.9 Å². The van der Waals surface area contributed by atoms with Gasteiger partial charge in [-0.1, -0.05) is 36.4 Å². The maximum absolute atomic E-state index is 5.99. The summed E-state index contributed by atoms with van der Waals surface area (Å²) in [4.78, 5) is 2.48. The van der Waals surface area contributed by atoms with E-state index in [2.05, 4.69) is 61.3 Å². The first kappa shape index (κ1) is 21.8. The number of fused-ring (bicyclic) bond motifs is 3. The Hall–Kier alpha value is -3.00. The van der Waals surface area contributed by atoms with Crippen molar-refractivity contribution in [1.82, 2.24) is 19.5 Å². The summed E-state index contributed by atoms with van der Waals surface area (Å²) in [5.74, 6) is 0.840. The van der Waals surface area contributed by atoms with E-state index in [0.717, 1.165) is 85.7 Å². The molecular weight excluding hydrogens is 414 g/mol. The normalized spacial score (nSPS) is 14.8. The summed E-state index contributed by atoms with van der Waals surface area (Å²) < 4.78 is 13.6. The molecular formula is C26H31N5O2. The number of benzene rings is 1. The fraction of sp³-hybridized carbons (Fsp3) is 0.385. The molecule has 3 aromatic heterocycles. The summed E-state index contributed by atoms with van der Waals surface area (Å²) in [6.07, 6.45) is 4.33. The second-order valence-corrected chi connectivity index (χ2v) is 8.46. The minimum atomic E-state index is 0.416. The van der Waals surface area contributed by atoms with E-state index in [1.807, 2.05) is 24.3 Å². The highest BCUT2D eigenvalue weighted by Gasteiger charge is 2.15. The molecule has 1 fully saturated rings. The molecule has 0 unspecified atom stereocenters. The van der Waals surface area contributed by atoms with Crippen LogP contribution in [0.4, 0.5) is 5.82 Å². The lowest BCUT2D eigenvalue weighted by molar-refractivity contribution is 0.0373. The quantitative estimate of drug-likeness (QED) is 0.371. The van der Waals surface area contributed by atoms with E-state index in [4.69, 9.17) is 9.47 Å². The van der Waals surface area contributed by atoms with E-state index in [0.29, 0.717) is 13.2 Å². The molecule has 4 heterocycles. The Morgan fingerprint density at radius 3 is 2.67 bits per heavy atom. The SMILES string of the molecule is c1ccc(COCc2nnc(NCCCCN3CCOCC3)c3cc4ccccn4c23)cc1. The molecule has 1 aliphatic heterocycles. The predicted molar refractivity (Wildman–Crippen MR) is 130 cm³/mol. The minimum absolute atomic E-state index is 0.416. The number of hydrogen-bond acceptors (Lipinski definition) is 6. The van der Waals surface area contributed by atoms with Crippen molar-refractivity contribution in [2.45, 2.75) is 26.1 Å². The van der Waals surface area contributed by atoms with Crippen LogP contribution in [-0.4, -0.2) is 58.9 Å². The zero-order chi connectivity index (χ0) is 22.3. The van der Waals surface area contributed by atoms with Gasteiger partial charge in [-0.3, -0.25) is 4.90 Å². The number of unbranched alkanes of at least 4 members (excludes halogenated alkanes) is 1. The molecule has 0 spiro atoms. The van der Waals surface area contributed by atoms with Gasteiger partial charge in [-0.25, -0.2) is 0 Å². The van der Waals surface area contributed by atoms with Gasteiger partial charge in [0.25, 0.3) is 0 Å².